The van der Waals surface area contributed by atoms with Crippen LogP contribution in [0.5, 0.6) is 0 Å². The highest BCUT2D eigenvalue weighted by Gasteiger charge is 2.29. The Labute approximate surface area is 226 Å². The second-order valence-electron chi connectivity index (χ2n) is 11.2. The lowest BCUT2D eigenvalue weighted by Crippen LogP contribution is -2.54. The number of pyridine rings is 1. The van der Waals surface area contributed by atoms with Crippen molar-refractivity contribution >= 4 is 40.3 Å². The number of para-hydroxylation sites is 2. The number of hydrogen-bond donors (Lipinski definition) is 0. The molecule has 188 valence electrons. The molecule has 6 aromatic rings. The fourth-order valence-electron chi connectivity index (χ4n) is 5.82. The molecule has 0 N–H and O–H groups in total. The molecule has 2 heterocycles. The maximum absolute atomic E-state index is 5.09. The van der Waals surface area contributed by atoms with Crippen molar-refractivity contribution in [3.05, 3.63) is 121 Å². The molecule has 0 unspecified atom stereocenters. The van der Waals surface area contributed by atoms with Crippen LogP contribution < -0.4 is 10.4 Å². The fourth-order valence-corrected chi connectivity index (χ4v) is 8.53. The van der Waals surface area contributed by atoms with Gasteiger partial charge in [-0.05, 0) is 59.5 Å². The third-order valence-electron chi connectivity index (χ3n) is 7.77. The Morgan fingerprint density at radius 1 is 0.711 bits per heavy atom. The summed E-state index contributed by atoms with van der Waals surface area (Å²) < 4.78 is 2.36. The SMILES string of the molecule is CC(C)Cc1cc(-c2ccc3c(c2)c2ccccc2n3-c2ccccc2)ncc1[Si](C)(C)c1ccccc1. The van der Waals surface area contributed by atoms with Gasteiger partial charge in [-0.15, -0.1) is 0 Å². The molecule has 2 aromatic heterocycles. The van der Waals surface area contributed by atoms with E-state index in [0.717, 1.165) is 12.1 Å². The van der Waals surface area contributed by atoms with Crippen LogP contribution in [0.1, 0.15) is 19.4 Å². The van der Waals surface area contributed by atoms with Crippen molar-refractivity contribution in [3.8, 4) is 16.9 Å². The van der Waals surface area contributed by atoms with Crippen molar-refractivity contribution in [2.45, 2.75) is 33.4 Å². The first-order valence-corrected chi connectivity index (χ1v) is 16.6. The number of benzene rings is 4. The number of nitrogens with zero attached hydrogens (tertiary/aromatic N) is 2. The van der Waals surface area contributed by atoms with Crippen LogP contribution in [-0.4, -0.2) is 17.6 Å². The van der Waals surface area contributed by atoms with Crippen LogP contribution in [0, 0.1) is 5.92 Å². The summed E-state index contributed by atoms with van der Waals surface area (Å²) in [5, 5.41) is 5.43. The van der Waals surface area contributed by atoms with Crippen LogP contribution in [0.25, 0.3) is 38.8 Å². The summed E-state index contributed by atoms with van der Waals surface area (Å²) in [5.41, 5.74) is 7.30. The second kappa shape index (κ2) is 9.73. The topological polar surface area (TPSA) is 17.8 Å². The third kappa shape index (κ3) is 4.27. The number of fused-ring (bicyclic) bond motifs is 3. The Morgan fingerprint density at radius 2 is 1.37 bits per heavy atom. The van der Waals surface area contributed by atoms with Gasteiger partial charge in [-0.25, -0.2) is 0 Å². The highest BCUT2D eigenvalue weighted by atomic mass is 28.3. The van der Waals surface area contributed by atoms with Gasteiger partial charge in [0.15, 0.2) is 0 Å². The minimum absolute atomic E-state index is 0.580. The Balaban J connectivity index is 1.51. The van der Waals surface area contributed by atoms with Gasteiger partial charge in [0.1, 0.15) is 8.07 Å². The molecular weight excluding hydrogens is 476 g/mol. The predicted molar refractivity (Wildman–Crippen MR) is 166 cm³/mol. The van der Waals surface area contributed by atoms with E-state index >= 15 is 0 Å². The average Bonchev–Trinajstić information content (AvgIpc) is 3.27. The minimum Gasteiger partial charge on any atom is -0.309 e. The second-order valence-corrected chi connectivity index (χ2v) is 15.6. The van der Waals surface area contributed by atoms with Crippen LogP contribution in [0.15, 0.2) is 115 Å². The molecule has 2 nitrogen and oxygen atoms in total. The van der Waals surface area contributed by atoms with Gasteiger partial charge in [0, 0.05) is 28.2 Å². The third-order valence-corrected chi connectivity index (χ3v) is 11.3. The first-order valence-electron chi connectivity index (χ1n) is 13.6. The van der Waals surface area contributed by atoms with E-state index in [-0.39, 0.29) is 0 Å². The summed E-state index contributed by atoms with van der Waals surface area (Å²) in [4.78, 5) is 5.09. The maximum Gasteiger partial charge on any atom is 0.114 e. The molecular formula is C35H34N2Si. The van der Waals surface area contributed by atoms with E-state index in [2.05, 4.69) is 147 Å². The van der Waals surface area contributed by atoms with Gasteiger partial charge in [0.25, 0.3) is 0 Å². The molecule has 38 heavy (non-hydrogen) atoms. The van der Waals surface area contributed by atoms with Crippen molar-refractivity contribution in [1.29, 1.82) is 0 Å². The summed E-state index contributed by atoms with van der Waals surface area (Å²) in [6.45, 7) is 9.53. The molecule has 0 aliphatic rings. The number of aromatic nitrogens is 2. The quantitative estimate of drug-likeness (QED) is 0.209. The molecule has 3 heteroatoms. The highest BCUT2D eigenvalue weighted by molar-refractivity contribution is 7.00. The first kappa shape index (κ1) is 24.4. The van der Waals surface area contributed by atoms with Crippen LogP contribution in [-0.2, 0) is 6.42 Å². The fraction of sp³-hybridized carbons (Fsp3) is 0.171. The molecule has 0 radical (unpaired) electrons. The Hall–Kier alpha value is -3.95. The van der Waals surface area contributed by atoms with E-state index in [1.807, 2.05) is 0 Å². The maximum atomic E-state index is 5.09. The van der Waals surface area contributed by atoms with Gasteiger partial charge in [-0.3, -0.25) is 4.98 Å². The molecule has 0 aliphatic heterocycles. The summed E-state index contributed by atoms with van der Waals surface area (Å²) in [6, 6.07) is 39.5. The summed E-state index contributed by atoms with van der Waals surface area (Å²) in [6.07, 6.45) is 3.24. The first-order chi connectivity index (χ1) is 18.4. The zero-order chi connectivity index (χ0) is 26.3. The minimum atomic E-state index is -1.87. The van der Waals surface area contributed by atoms with Crippen molar-refractivity contribution < 1.29 is 0 Å². The van der Waals surface area contributed by atoms with E-state index in [9.17, 15) is 0 Å². The molecule has 0 saturated carbocycles. The van der Waals surface area contributed by atoms with Crippen molar-refractivity contribution in [2.24, 2.45) is 5.92 Å². The zero-order valence-corrected chi connectivity index (χ0v) is 23.6. The van der Waals surface area contributed by atoms with E-state index in [0.29, 0.717) is 5.92 Å². The van der Waals surface area contributed by atoms with Crippen LogP contribution in [0.3, 0.4) is 0 Å². The standard InChI is InChI=1S/C35H34N2Si/c1-25(2)21-27-23-32(36-24-35(27)38(3,4)29-15-9-6-10-16-29)26-19-20-34-31(22-26)30-17-11-12-18-33(30)37(34)28-13-7-5-8-14-28/h5-20,22-25H,21H2,1-4H3. The van der Waals surface area contributed by atoms with Gasteiger partial charge in [-0.1, -0.05) is 105 Å². The van der Waals surface area contributed by atoms with Gasteiger partial charge < -0.3 is 4.57 Å². The molecule has 0 saturated heterocycles. The van der Waals surface area contributed by atoms with E-state index < -0.39 is 8.07 Å². The van der Waals surface area contributed by atoms with Crippen molar-refractivity contribution in [2.75, 3.05) is 0 Å². The van der Waals surface area contributed by atoms with Crippen LogP contribution in [0.4, 0.5) is 0 Å². The molecule has 0 aliphatic carbocycles. The smallest absolute Gasteiger partial charge is 0.114 e. The molecule has 0 bridgehead atoms. The monoisotopic (exact) mass is 510 g/mol. The lowest BCUT2D eigenvalue weighted by atomic mass is 10.0. The van der Waals surface area contributed by atoms with Gasteiger partial charge in [-0.2, -0.15) is 0 Å². The Kier molecular flexibility index (Phi) is 6.25. The largest absolute Gasteiger partial charge is 0.309 e. The molecule has 6 rings (SSSR count). The van der Waals surface area contributed by atoms with Gasteiger partial charge >= 0.3 is 0 Å². The van der Waals surface area contributed by atoms with Gasteiger partial charge in [0.2, 0.25) is 0 Å². The van der Waals surface area contributed by atoms with Gasteiger partial charge in [0.05, 0.1) is 16.7 Å². The molecule has 4 aromatic carbocycles. The molecule has 0 spiro atoms. The van der Waals surface area contributed by atoms with E-state index in [4.69, 9.17) is 4.98 Å². The lowest BCUT2D eigenvalue weighted by Gasteiger charge is -2.27. The summed E-state index contributed by atoms with van der Waals surface area (Å²) >= 11 is 0. The lowest BCUT2D eigenvalue weighted by molar-refractivity contribution is 0.649. The summed E-state index contributed by atoms with van der Waals surface area (Å²) in [7, 11) is -1.87. The van der Waals surface area contributed by atoms with Crippen LogP contribution in [0.2, 0.25) is 13.1 Å². The highest BCUT2D eigenvalue weighted by Crippen LogP contribution is 2.34. The Morgan fingerprint density at radius 3 is 2.11 bits per heavy atom. The van der Waals surface area contributed by atoms with Crippen LogP contribution >= 0.6 is 0 Å². The number of hydrogen-bond acceptors (Lipinski definition) is 1. The predicted octanol–water partition coefficient (Wildman–Crippen LogP) is 7.87. The summed E-state index contributed by atoms with van der Waals surface area (Å²) in [5.74, 6) is 0.580. The average molecular weight is 511 g/mol. The van der Waals surface area contributed by atoms with E-state index in [1.165, 1.54) is 49.0 Å². The molecule has 0 fully saturated rings. The normalized spacial score (nSPS) is 12.0. The van der Waals surface area contributed by atoms with Crippen molar-refractivity contribution in [3.63, 3.8) is 0 Å². The number of rotatable bonds is 6. The zero-order valence-electron chi connectivity index (χ0n) is 22.6. The Bertz CT molecular complexity index is 1730. The molecule has 0 atom stereocenters. The van der Waals surface area contributed by atoms with E-state index in [1.54, 1.807) is 0 Å². The molecule has 0 amide bonds. The van der Waals surface area contributed by atoms with Crippen molar-refractivity contribution in [1.82, 2.24) is 9.55 Å².